The Labute approximate surface area is 72.2 Å². The molecule has 0 aliphatic carbocycles. The molecule has 2 heterocycles. The van der Waals surface area contributed by atoms with Crippen molar-refractivity contribution in [2.45, 2.75) is 6.92 Å². The third-order valence-electron chi connectivity index (χ3n) is 1.52. The van der Waals surface area contributed by atoms with Crippen LogP contribution in [0.1, 0.15) is 5.69 Å². The van der Waals surface area contributed by atoms with Gasteiger partial charge in [0.2, 0.25) is 5.78 Å². The van der Waals surface area contributed by atoms with Gasteiger partial charge in [0.25, 0.3) is 0 Å². The Morgan fingerprint density at radius 3 is 2.91 bits per heavy atom. The predicted octanol–water partition coefficient (Wildman–Crippen LogP) is 1.80. The highest BCUT2D eigenvalue weighted by Crippen LogP contribution is 2.09. The Balaban J connectivity index is 2.87. The average molecular weight is 212 g/mol. The summed E-state index contributed by atoms with van der Waals surface area (Å²) in [5.74, 6) is 0.741. The average Bonchev–Trinajstić information content (AvgIpc) is 2.33. The van der Waals surface area contributed by atoms with Crippen molar-refractivity contribution in [2.24, 2.45) is 0 Å². The summed E-state index contributed by atoms with van der Waals surface area (Å²) in [5, 5.41) is 0. The van der Waals surface area contributed by atoms with Crippen molar-refractivity contribution in [1.29, 1.82) is 0 Å². The van der Waals surface area contributed by atoms with Gasteiger partial charge in [-0.25, -0.2) is 9.97 Å². The number of halogens is 1. The van der Waals surface area contributed by atoms with Gasteiger partial charge in [0, 0.05) is 18.1 Å². The van der Waals surface area contributed by atoms with Crippen LogP contribution >= 0.6 is 15.9 Å². The van der Waals surface area contributed by atoms with Crippen molar-refractivity contribution >= 4 is 21.7 Å². The van der Waals surface area contributed by atoms with Gasteiger partial charge in [0.1, 0.15) is 0 Å². The van der Waals surface area contributed by atoms with Gasteiger partial charge in [-0.2, -0.15) is 0 Å². The van der Waals surface area contributed by atoms with Crippen LogP contribution in [0.15, 0.2) is 23.1 Å². The second-order valence-electron chi connectivity index (χ2n) is 2.34. The zero-order chi connectivity index (χ0) is 7.84. The Morgan fingerprint density at radius 1 is 1.36 bits per heavy atom. The number of nitrogens with zero attached hydrogens (tertiary/aromatic N) is 3. The van der Waals surface area contributed by atoms with E-state index in [1.54, 1.807) is 12.4 Å². The molecule has 3 nitrogen and oxygen atoms in total. The number of imidazole rings is 1. The second kappa shape index (κ2) is 2.30. The van der Waals surface area contributed by atoms with Crippen LogP contribution in [0.3, 0.4) is 0 Å². The van der Waals surface area contributed by atoms with E-state index in [9.17, 15) is 0 Å². The molecule has 0 N–H and O–H groups in total. The molecule has 2 aromatic rings. The zero-order valence-corrected chi connectivity index (χ0v) is 7.54. The molecule has 56 valence electrons. The standard InChI is InChI=1S/C7H6BrN3/c1-5-2-9-7-10-3-6(8)4-11(5)7/h2-4H,1H3. The van der Waals surface area contributed by atoms with Crippen LogP contribution < -0.4 is 0 Å². The van der Waals surface area contributed by atoms with E-state index >= 15 is 0 Å². The van der Waals surface area contributed by atoms with Crippen LogP contribution in [0.25, 0.3) is 5.78 Å². The lowest BCUT2D eigenvalue weighted by atomic mass is 10.5. The summed E-state index contributed by atoms with van der Waals surface area (Å²) in [6, 6.07) is 0. The molecule has 0 atom stereocenters. The number of hydrogen-bond acceptors (Lipinski definition) is 2. The van der Waals surface area contributed by atoms with E-state index in [0.717, 1.165) is 15.9 Å². The topological polar surface area (TPSA) is 30.2 Å². The minimum Gasteiger partial charge on any atom is -0.287 e. The van der Waals surface area contributed by atoms with E-state index in [1.165, 1.54) is 0 Å². The quantitative estimate of drug-likeness (QED) is 0.666. The molecule has 0 radical (unpaired) electrons. The van der Waals surface area contributed by atoms with Crippen molar-refractivity contribution < 1.29 is 0 Å². The van der Waals surface area contributed by atoms with Crippen molar-refractivity contribution in [3.05, 3.63) is 28.8 Å². The molecule has 0 saturated heterocycles. The first kappa shape index (κ1) is 6.79. The lowest BCUT2D eigenvalue weighted by molar-refractivity contribution is 1.05. The molecule has 4 heteroatoms. The van der Waals surface area contributed by atoms with Gasteiger partial charge in [0.05, 0.1) is 10.7 Å². The van der Waals surface area contributed by atoms with E-state index in [1.807, 2.05) is 17.5 Å². The minimum absolute atomic E-state index is 0.741. The van der Waals surface area contributed by atoms with Crippen molar-refractivity contribution in [2.75, 3.05) is 0 Å². The van der Waals surface area contributed by atoms with Gasteiger partial charge >= 0.3 is 0 Å². The number of hydrogen-bond donors (Lipinski definition) is 0. The van der Waals surface area contributed by atoms with Crippen molar-refractivity contribution in [3.63, 3.8) is 0 Å². The second-order valence-corrected chi connectivity index (χ2v) is 3.26. The number of rotatable bonds is 0. The van der Waals surface area contributed by atoms with Crippen LogP contribution in [-0.4, -0.2) is 14.4 Å². The minimum atomic E-state index is 0.741. The normalized spacial score (nSPS) is 10.7. The Bertz CT molecular complexity index is 393. The fraction of sp³-hybridized carbons (Fsp3) is 0.143. The largest absolute Gasteiger partial charge is 0.287 e. The lowest BCUT2D eigenvalue weighted by Crippen LogP contribution is -1.89. The molecule has 2 aromatic heterocycles. The Morgan fingerprint density at radius 2 is 2.09 bits per heavy atom. The number of aromatic nitrogens is 3. The lowest BCUT2D eigenvalue weighted by Gasteiger charge is -1.94. The van der Waals surface area contributed by atoms with Gasteiger partial charge in [-0.1, -0.05) is 0 Å². The summed E-state index contributed by atoms with van der Waals surface area (Å²) in [7, 11) is 0. The maximum Gasteiger partial charge on any atom is 0.233 e. The van der Waals surface area contributed by atoms with E-state index in [4.69, 9.17) is 0 Å². The summed E-state index contributed by atoms with van der Waals surface area (Å²) in [6.45, 7) is 1.99. The molecule has 11 heavy (non-hydrogen) atoms. The van der Waals surface area contributed by atoms with Crippen molar-refractivity contribution in [3.8, 4) is 0 Å². The maximum atomic E-state index is 4.11. The first-order valence-corrected chi connectivity index (χ1v) is 4.02. The highest BCUT2D eigenvalue weighted by atomic mass is 79.9. The molecular formula is C7H6BrN3. The van der Waals surface area contributed by atoms with Crippen LogP contribution in [-0.2, 0) is 0 Å². The molecule has 0 spiro atoms. The molecule has 0 aromatic carbocycles. The molecule has 2 rings (SSSR count). The molecule has 0 amide bonds. The van der Waals surface area contributed by atoms with Gasteiger partial charge in [-0.05, 0) is 22.9 Å². The SMILES string of the molecule is Cc1cnc2ncc(Br)cn12. The number of fused-ring (bicyclic) bond motifs is 1. The monoisotopic (exact) mass is 211 g/mol. The summed E-state index contributed by atoms with van der Waals surface area (Å²) < 4.78 is 2.90. The molecule has 0 fully saturated rings. The van der Waals surface area contributed by atoms with Gasteiger partial charge in [-0.15, -0.1) is 0 Å². The Hall–Kier alpha value is -0.900. The van der Waals surface area contributed by atoms with E-state index in [2.05, 4.69) is 25.9 Å². The summed E-state index contributed by atoms with van der Waals surface area (Å²) in [6.07, 6.45) is 5.49. The van der Waals surface area contributed by atoms with Crippen LogP contribution in [0.4, 0.5) is 0 Å². The fourth-order valence-electron chi connectivity index (χ4n) is 0.964. The molecule has 0 aliphatic rings. The molecule has 0 unspecified atom stereocenters. The molecule has 0 aliphatic heterocycles. The van der Waals surface area contributed by atoms with Gasteiger partial charge in [0.15, 0.2) is 0 Å². The van der Waals surface area contributed by atoms with Crippen molar-refractivity contribution in [1.82, 2.24) is 14.4 Å². The van der Waals surface area contributed by atoms with E-state index in [0.29, 0.717) is 0 Å². The summed E-state index contributed by atoms with van der Waals surface area (Å²) in [4.78, 5) is 8.20. The smallest absolute Gasteiger partial charge is 0.233 e. The Kier molecular flexibility index (Phi) is 1.42. The van der Waals surface area contributed by atoms with Crippen LogP contribution in [0.2, 0.25) is 0 Å². The summed E-state index contributed by atoms with van der Waals surface area (Å²) in [5.41, 5.74) is 1.09. The predicted molar refractivity (Wildman–Crippen MR) is 45.4 cm³/mol. The fourth-order valence-corrected chi connectivity index (χ4v) is 1.27. The zero-order valence-electron chi connectivity index (χ0n) is 5.95. The first-order chi connectivity index (χ1) is 5.27. The molecule has 0 saturated carbocycles. The number of aryl methyl sites for hydroxylation is 1. The third kappa shape index (κ3) is 1.03. The van der Waals surface area contributed by atoms with Crippen LogP contribution in [0, 0.1) is 6.92 Å². The van der Waals surface area contributed by atoms with E-state index < -0.39 is 0 Å². The first-order valence-electron chi connectivity index (χ1n) is 3.22. The van der Waals surface area contributed by atoms with Gasteiger partial charge in [-0.3, -0.25) is 4.40 Å². The van der Waals surface area contributed by atoms with Crippen LogP contribution in [0.5, 0.6) is 0 Å². The molecule has 0 bridgehead atoms. The highest BCUT2D eigenvalue weighted by molar-refractivity contribution is 9.10. The highest BCUT2D eigenvalue weighted by Gasteiger charge is 1.98. The van der Waals surface area contributed by atoms with E-state index in [-0.39, 0.29) is 0 Å². The third-order valence-corrected chi connectivity index (χ3v) is 1.93. The summed E-state index contributed by atoms with van der Waals surface area (Å²) >= 11 is 3.34. The maximum absolute atomic E-state index is 4.11. The molecular weight excluding hydrogens is 206 g/mol. The van der Waals surface area contributed by atoms with Gasteiger partial charge < -0.3 is 0 Å².